The second kappa shape index (κ2) is 7.54. The first-order valence-corrected chi connectivity index (χ1v) is 9.20. The van der Waals surface area contributed by atoms with E-state index in [0.717, 1.165) is 30.5 Å². The molecule has 2 aromatic carbocycles. The summed E-state index contributed by atoms with van der Waals surface area (Å²) in [4.78, 5) is 30.6. The minimum Gasteiger partial charge on any atom is -0.274 e. The van der Waals surface area contributed by atoms with Crippen molar-refractivity contribution in [2.45, 2.75) is 19.3 Å². The van der Waals surface area contributed by atoms with Crippen LogP contribution in [0.1, 0.15) is 39.1 Å². The standard InChI is InChI=1S/C23H20N2O2/c26-22-19-12-3-4-13-20(19)23(27)25(22)16-8-6-10-17-9-1-2-11-18(17)21-14-5-7-15-24-21/h1-5,7,9,11-15H,6,8,10,16H2. The number of aromatic nitrogens is 1. The molecular formula is C23H20N2O2. The van der Waals surface area contributed by atoms with E-state index in [-0.39, 0.29) is 11.8 Å². The molecule has 0 unspecified atom stereocenters. The number of fused-ring (bicyclic) bond motifs is 1. The van der Waals surface area contributed by atoms with Crippen LogP contribution >= 0.6 is 0 Å². The van der Waals surface area contributed by atoms with E-state index in [1.54, 1.807) is 30.5 Å². The van der Waals surface area contributed by atoms with Crippen molar-refractivity contribution in [3.8, 4) is 11.3 Å². The lowest BCUT2D eigenvalue weighted by atomic mass is 9.99. The van der Waals surface area contributed by atoms with Crippen molar-refractivity contribution in [3.05, 3.63) is 89.6 Å². The van der Waals surface area contributed by atoms with Crippen LogP contribution in [0.3, 0.4) is 0 Å². The van der Waals surface area contributed by atoms with Crippen LogP contribution in [0.4, 0.5) is 0 Å². The molecule has 0 saturated carbocycles. The number of pyridine rings is 1. The molecule has 4 rings (SSSR count). The smallest absolute Gasteiger partial charge is 0.261 e. The molecule has 2 amide bonds. The lowest BCUT2D eigenvalue weighted by Gasteiger charge is -2.14. The zero-order valence-corrected chi connectivity index (χ0v) is 15.0. The molecule has 134 valence electrons. The number of nitrogens with zero attached hydrogens (tertiary/aromatic N) is 2. The van der Waals surface area contributed by atoms with Crippen molar-refractivity contribution in [2.75, 3.05) is 6.54 Å². The highest BCUT2D eigenvalue weighted by Crippen LogP contribution is 2.25. The summed E-state index contributed by atoms with van der Waals surface area (Å²) in [5.74, 6) is -0.353. The Morgan fingerprint density at radius 2 is 1.33 bits per heavy atom. The third-order valence-electron chi connectivity index (χ3n) is 4.91. The van der Waals surface area contributed by atoms with Gasteiger partial charge in [0.1, 0.15) is 0 Å². The average Bonchev–Trinajstić information content (AvgIpc) is 2.97. The molecule has 0 atom stereocenters. The van der Waals surface area contributed by atoms with Gasteiger partial charge in [0.05, 0.1) is 16.8 Å². The van der Waals surface area contributed by atoms with Gasteiger partial charge in [-0.25, -0.2) is 0 Å². The maximum atomic E-state index is 12.4. The van der Waals surface area contributed by atoms with Gasteiger partial charge in [-0.3, -0.25) is 19.5 Å². The number of carbonyl (C=O) groups is 2. The predicted molar refractivity (Wildman–Crippen MR) is 104 cm³/mol. The van der Waals surface area contributed by atoms with E-state index in [1.165, 1.54) is 10.5 Å². The van der Waals surface area contributed by atoms with Gasteiger partial charge in [0, 0.05) is 18.3 Å². The SMILES string of the molecule is O=C1c2ccccc2C(=O)N1CCCCc1ccccc1-c1ccccn1. The van der Waals surface area contributed by atoms with Gasteiger partial charge in [0.25, 0.3) is 11.8 Å². The number of imide groups is 1. The first-order chi connectivity index (χ1) is 13.3. The zero-order chi connectivity index (χ0) is 18.6. The van der Waals surface area contributed by atoms with Crippen LogP contribution < -0.4 is 0 Å². The van der Waals surface area contributed by atoms with E-state index in [2.05, 4.69) is 17.1 Å². The van der Waals surface area contributed by atoms with Crippen molar-refractivity contribution < 1.29 is 9.59 Å². The summed E-state index contributed by atoms with van der Waals surface area (Å²) < 4.78 is 0. The Morgan fingerprint density at radius 1 is 0.704 bits per heavy atom. The van der Waals surface area contributed by atoms with Gasteiger partial charge in [0.15, 0.2) is 0 Å². The third kappa shape index (κ3) is 3.38. The molecule has 0 aliphatic carbocycles. The van der Waals surface area contributed by atoms with Crippen LogP contribution in [0.5, 0.6) is 0 Å². The van der Waals surface area contributed by atoms with E-state index in [9.17, 15) is 9.59 Å². The molecule has 1 aliphatic heterocycles. The molecular weight excluding hydrogens is 336 g/mol. The quantitative estimate of drug-likeness (QED) is 0.487. The molecule has 4 nitrogen and oxygen atoms in total. The van der Waals surface area contributed by atoms with Crippen LogP contribution in [-0.2, 0) is 6.42 Å². The second-order valence-electron chi connectivity index (χ2n) is 6.64. The van der Waals surface area contributed by atoms with Crippen molar-refractivity contribution in [1.82, 2.24) is 9.88 Å². The number of aryl methyl sites for hydroxylation is 1. The van der Waals surface area contributed by atoms with Crippen molar-refractivity contribution in [3.63, 3.8) is 0 Å². The number of unbranched alkanes of at least 4 members (excludes halogenated alkanes) is 1. The van der Waals surface area contributed by atoms with Gasteiger partial charge >= 0.3 is 0 Å². The number of rotatable bonds is 6. The molecule has 1 aliphatic rings. The van der Waals surface area contributed by atoms with Crippen molar-refractivity contribution in [1.29, 1.82) is 0 Å². The maximum Gasteiger partial charge on any atom is 0.261 e. The van der Waals surface area contributed by atoms with Gasteiger partial charge in [-0.2, -0.15) is 0 Å². The largest absolute Gasteiger partial charge is 0.274 e. The lowest BCUT2D eigenvalue weighted by molar-refractivity contribution is 0.0652. The van der Waals surface area contributed by atoms with Crippen LogP contribution in [-0.4, -0.2) is 28.2 Å². The van der Waals surface area contributed by atoms with Crippen LogP contribution in [0, 0.1) is 0 Å². The number of amides is 2. The Kier molecular flexibility index (Phi) is 4.79. The molecule has 0 bridgehead atoms. The normalized spacial score (nSPS) is 13.1. The molecule has 2 heterocycles. The Morgan fingerprint density at radius 3 is 2.00 bits per heavy atom. The monoisotopic (exact) mass is 356 g/mol. The van der Waals surface area contributed by atoms with Crippen LogP contribution in [0.25, 0.3) is 11.3 Å². The molecule has 27 heavy (non-hydrogen) atoms. The highest BCUT2D eigenvalue weighted by Gasteiger charge is 2.34. The summed E-state index contributed by atoms with van der Waals surface area (Å²) >= 11 is 0. The van der Waals surface area contributed by atoms with Crippen molar-refractivity contribution >= 4 is 11.8 Å². The van der Waals surface area contributed by atoms with Gasteiger partial charge in [-0.05, 0) is 49.1 Å². The number of carbonyl (C=O) groups excluding carboxylic acids is 2. The third-order valence-corrected chi connectivity index (χ3v) is 4.91. The van der Waals surface area contributed by atoms with E-state index in [1.807, 2.05) is 30.3 Å². The summed E-state index contributed by atoms with van der Waals surface area (Å²) in [5, 5.41) is 0. The summed E-state index contributed by atoms with van der Waals surface area (Å²) in [6, 6.07) is 21.2. The predicted octanol–water partition coefficient (Wildman–Crippen LogP) is 4.37. The maximum absolute atomic E-state index is 12.4. The number of benzene rings is 2. The first kappa shape index (κ1) is 17.2. The summed E-state index contributed by atoms with van der Waals surface area (Å²) in [6.07, 6.45) is 4.36. The number of hydrogen-bond acceptors (Lipinski definition) is 3. The lowest BCUT2D eigenvalue weighted by Crippen LogP contribution is -2.30. The van der Waals surface area contributed by atoms with Crippen LogP contribution in [0.2, 0.25) is 0 Å². The zero-order valence-electron chi connectivity index (χ0n) is 15.0. The van der Waals surface area contributed by atoms with Crippen LogP contribution in [0.15, 0.2) is 72.9 Å². The topological polar surface area (TPSA) is 50.3 Å². The van der Waals surface area contributed by atoms with E-state index < -0.39 is 0 Å². The average molecular weight is 356 g/mol. The summed E-state index contributed by atoms with van der Waals surface area (Å²) in [5.41, 5.74) is 4.37. The molecule has 0 radical (unpaired) electrons. The summed E-state index contributed by atoms with van der Waals surface area (Å²) in [6.45, 7) is 0.456. The van der Waals surface area contributed by atoms with Crippen molar-refractivity contribution in [2.24, 2.45) is 0 Å². The highest BCUT2D eigenvalue weighted by molar-refractivity contribution is 6.21. The summed E-state index contributed by atoms with van der Waals surface area (Å²) in [7, 11) is 0. The molecule has 0 fully saturated rings. The van der Waals surface area contributed by atoms with Gasteiger partial charge < -0.3 is 0 Å². The molecule has 3 aromatic rings. The minimum absolute atomic E-state index is 0.176. The highest BCUT2D eigenvalue weighted by atomic mass is 16.2. The van der Waals surface area contributed by atoms with Gasteiger partial charge in [-0.1, -0.05) is 42.5 Å². The Hall–Kier alpha value is -3.27. The molecule has 4 heteroatoms. The fourth-order valence-corrected chi connectivity index (χ4v) is 3.54. The molecule has 0 spiro atoms. The fourth-order valence-electron chi connectivity index (χ4n) is 3.54. The van der Waals surface area contributed by atoms with Gasteiger partial charge in [-0.15, -0.1) is 0 Å². The fraction of sp³-hybridized carbons (Fsp3) is 0.174. The van der Waals surface area contributed by atoms with E-state index in [0.29, 0.717) is 17.7 Å². The minimum atomic E-state index is -0.176. The molecule has 0 saturated heterocycles. The number of hydrogen-bond donors (Lipinski definition) is 0. The van der Waals surface area contributed by atoms with E-state index >= 15 is 0 Å². The first-order valence-electron chi connectivity index (χ1n) is 9.20. The Labute approximate surface area is 158 Å². The van der Waals surface area contributed by atoms with E-state index in [4.69, 9.17) is 0 Å². The second-order valence-corrected chi connectivity index (χ2v) is 6.64. The Bertz CT molecular complexity index is 947. The Balaban J connectivity index is 1.38. The molecule has 0 N–H and O–H groups in total. The van der Waals surface area contributed by atoms with Gasteiger partial charge in [0.2, 0.25) is 0 Å². The molecule has 1 aromatic heterocycles.